The molecule has 0 aliphatic heterocycles. The lowest BCUT2D eigenvalue weighted by atomic mass is 9.92. The Kier molecular flexibility index (Phi) is 3.94. The van der Waals surface area contributed by atoms with Crippen molar-refractivity contribution in [3.63, 3.8) is 0 Å². The third-order valence-corrected chi connectivity index (χ3v) is 3.01. The van der Waals surface area contributed by atoms with E-state index in [-0.39, 0.29) is 6.04 Å². The van der Waals surface area contributed by atoms with Crippen LogP contribution in [0.3, 0.4) is 0 Å². The van der Waals surface area contributed by atoms with Crippen molar-refractivity contribution in [2.45, 2.75) is 25.8 Å². The zero-order valence-corrected chi connectivity index (χ0v) is 10.3. The second-order valence-electron chi connectivity index (χ2n) is 4.12. The number of hydrogen-bond acceptors (Lipinski definition) is 3. The van der Waals surface area contributed by atoms with E-state index in [9.17, 15) is 0 Å². The summed E-state index contributed by atoms with van der Waals surface area (Å²) in [5.41, 5.74) is 1.27. The number of nitrogens with zero attached hydrogens (tertiary/aromatic N) is 1. The van der Waals surface area contributed by atoms with Crippen LogP contribution in [0.5, 0.6) is 0 Å². The van der Waals surface area contributed by atoms with E-state index in [1.165, 1.54) is 5.56 Å². The Morgan fingerprint density at radius 3 is 2.65 bits per heavy atom. The summed E-state index contributed by atoms with van der Waals surface area (Å²) in [6.07, 6.45) is 5.38. The van der Waals surface area contributed by atoms with Crippen LogP contribution in [-0.4, -0.2) is 11.5 Å². The lowest BCUT2D eigenvalue weighted by molar-refractivity contribution is 0.382. The van der Waals surface area contributed by atoms with Gasteiger partial charge in [0.15, 0.2) is 0 Å². The maximum Gasteiger partial charge on any atom is 0.121 e. The highest BCUT2D eigenvalue weighted by molar-refractivity contribution is 5.20. The fraction of sp³-hybridized carbons (Fsp3) is 0.357. The molecule has 0 amide bonds. The quantitative estimate of drug-likeness (QED) is 0.857. The van der Waals surface area contributed by atoms with E-state index in [0.717, 1.165) is 12.3 Å². The molecule has 0 spiro atoms. The molecule has 0 aromatic carbocycles. The Balaban J connectivity index is 2.22. The molecule has 2 heterocycles. The van der Waals surface area contributed by atoms with Crippen LogP contribution in [0.1, 0.15) is 37.1 Å². The molecule has 0 saturated heterocycles. The van der Waals surface area contributed by atoms with E-state index in [0.29, 0.717) is 5.92 Å². The number of likely N-dealkylation sites (N-methyl/N-ethyl adjacent to an activating group) is 1. The Labute approximate surface area is 102 Å². The summed E-state index contributed by atoms with van der Waals surface area (Å²) in [4.78, 5) is 4.05. The zero-order valence-electron chi connectivity index (χ0n) is 10.3. The molecule has 2 aromatic heterocycles. The normalized spacial score (nSPS) is 14.5. The highest BCUT2D eigenvalue weighted by Crippen LogP contribution is 2.30. The Morgan fingerprint density at radius 2 is 2.06 bits per heavy atom. The van der Waals surface area contributed by atoms with Gasteiger partial charge in [-0.25, -0.2) is 0 Å². The van der Waals surface area contributed by atoms with Gasteiger partial charge in [0.2, 0.25) is 0 Å². The minimum absolute atomic E-state index is 0.206. The second-order valence-corrected chi connectivity index (χ2v) is 4.12. The molecule has 1 N–H and O–H groups in total. The topological polar surface area (TPSA) is 38.1 Å². The van der Waals surface area contributed by atoms with Gasteiger partial charge in [-0.05, 0) is 36.4 Å². The number of pyridine rings is 1. The molecule has 0 saturated carbocycles. The van der Waals surface area contributed by atoms with E-state index >= 15 is 0 Å². The van der Waals surface area contributed by atoms with Gasteiger partial charge in [-0.3, -0.25) is 4.98 Å². The molecule has 0 fully saturated rings. The van der Waals surface area contributed by atoms with Gasteiger partial charge in [0, 0.05) is 18.3 Å². The Morgan fingerprint density at radius 1 is 1.29 bits per heavy atom. The summed E-state index contributed by atoms with van der Waals surface area (Å²) in [6.45, 7) is 5.22. The zero-order chi connectivity index (χ0) is 12.1. The number of rotatable bonds is 5. The largest absolute Gasteiger partial charge is 0.468 e. The van der Waals surface area contributed by atoms with Gasteiger partial charge in [0.1, 0.15) is 5.76 Å². The standard InChI is InChI=1S/C14H18N2O/c1-3-16-14(13-5-4-10-17-13)11(2)12-6-8-15-9-7-12/h4-11,14,16H,3H2,1-2H3. The third kappa shape index (κ3) is 2.74. The van der Waals surface area contributed by atoms with Crippen LogP contribution in [0.4, 0.5) is 0 Å². The molecule has 2 unspecified atom stereocenters. The monoisotopic (exact) mass is 230 g/mol. The van der Waals surface area contributed by atoms with Crippen LogP contribution in [0.15, 0.2) is 47.3 Å². The number of nitrogens with one attached hydrogen (secondary N) is 1. The molecule has 2 rings (SSSR count). The van der Waals surface area contributed by atoms with Gasteiger partial charge in [0.05, 0.1) is 12.3 Å². The van der Waals surface area contributed by atoms with Crippen molar-refractivity contribution in [2.75, 3.05) is 6.54 Å². The molecule has 0 aliphatic rings. The van der Waals surface area contributed by atoms with Crippen LogP contribution >= 0.6 is 0 Å². The Hall–Kier alpha value is -1.61. The minimum atomic E-state index is 0.206. The van der Waals surface area contributed by atoms with Gasteiger partial charge in [-0.2, -0.15) is 0 Å². The van der Waals surface area contributed by atoms with Crippen LogP contribution in [0.25, 0.3) is 0 Å². The molecule has 17 heavy (non-hydrogen) atoms. The Bertz CT molecular complexity index is 425. The first kappa shape index (κ1) is 11.9. The molecular weight excluding hydrogens is 212 g/mol. The summed E-state index contributed by atoms with van der Waals surface area (Å²) in [7, 11) is 0. The van der Waals surface area contributed by atoms with Crippen molar-refractivity contribution >= 4 is 0 Å². The number of furan rings is 1. The summed E-state index contributed by atoms with van der Waals surface area (Å²) < 4.78 is 5.51. The molecule has 90 valence electrons. The fourth-order valence-electron chi connectivity index (χ4n) is 2.07. The fourth-order valence-corrected chi connectivity index (χ4v) is 2.07. The van der Waals surface area contributed by atoms with Gasteiger partial charge in [-0.15, -0.1) is 0 Å². The van der Waals surface area contributed by atoms with E-state index in [2.05, 4.69) is 36.3 Å². The van der Waals surface area contributed by atoms with Gasteiger partial charge >= 0.3 is 0 Å². The maximum absolute atomic E-state index is 5.51. The van der Waals surface area contributed by atoms with E-state index in [1.807, 2.05) is 24.5 Å². The van der Waals surface area contributed by atoms with Crippen molar-refractivity contribution in [3.05, 3.63) is 54.2 Å². The van der Waals surface area contributed by atoms with Crippen LogP contribution in [0, 0.1) is 0 Å². The van der Waals surface area contributed by atoms with Crippen molar-refractivity contribution in [1.29, 1.82) is 0 Å². The van der Waals surface area contributed by atoms with Crippen LogP contribution < -0.4 is 5.32 Å². The SMILES string of the molecule is CCNC(c1ccco1)C(C)c1ccncc1. The smallest absolute Gasteiger partial charge is 0.121 e. The van der Waals surface area contributed by atoms with E-state index in [4.69, 9.17) is 4.42 Å². The average Bonchev–Trinajstić information content (AvgIpc) is 2.90. The second kappa shape index (κ2) is 5.64. The first-order chi connectivity index (χ1) is 8.33. The molecule has 0 bridgehead atoms. The lowest BCUT2D eigenvalue weighted by Gasteiger charge is -2.23. The van der Waals surface area contributed by atoms with Crippen LogP contribution in [-0.2, 0) is 0 Å². The summed E-state index contributed by atoms with van der Waals surface area (Å²) in [5.74, 6) is 1.33. The maximum atomic E-state index is 5.51. The summed E-state index contributed by atoms with van der Waals surface area (Å²) in [5, 5.41) is 3.47. The van der Waals surface area contributed by atoms with Gasteiger partial charge in [0.25, 0.3) is 0 Å². The number of hydrogen-bond donors (Lipinski definition) is 1. The minimum Gasteiger partial charge on any atom is -0.468 e. The summed E-state index contributed by atoms with van der Waals surface area (Å²) >= 11 is 0. The van der Waals surface area contributed by atoms with Gasteiger partial charge in [-0.1, -0.05) is 13.8 Å². The summed E-state index contributed by atoms with van der Waals surface area (Å²) in [6, 6.07) is 8.26. The molecule has 3 nitrogen and oxygen atoms in total. The third-order valence-electron chi connectivity index (χ3n) is 3.01. The molecular formula is C14H18N2O. The average molecular weight is 230 g/mol. The molecule has 0 radical (unpaired) electrons. The molecule has 2 aromatic rings. The highest BCUT2D eigenvalue weighted by atomic mass is 16.3. The number of aromatic nitrogens is 1. The van der Waals surface area contributed by atoms with Crippen molar-refractivity contribution in [3.8, 4) is 0 Å². The molecule has 3 heteroatoms. The molecule has 0 aliphatic carbocycles. The molecule has 2 atom stereocenters. The van der Waals surface area contributed by atoms with Crippen LogP contribution in [0.2, 0.25) is 0 Å². The predicted molar refractivity (Wildman–Crippen MR) is 67.8 cm³/mol. The first-order valence-electron chi connectivity index (χ1n) is 5.99. The van der Waals surface area contributed by atoms with Crippen molar-refractivity contribution in [1.82, 2.24) is 10.3 Å². The highest BCUT2D eigenvalue weighted by Gasteiger charge is 2.21. The van der Waals surface area contributed by atoms with E-state index in [1.54, 1.807) is 6.26 Å². The predicted octanol–water partition coefficient (Wildman–Crippen LogP) is 3.13. The van der Waals surface area contributed by atoms with Gasteiger partial charge < -0.3 is 9.73 Å². The van der Waals surface area contributed by atoms with E-state index < -0.39 is 0 Å². The first-order valence-corrected chi connectivity index (χ1v) is 5.99. The van der Waals surface area contributed by atoms with Crippen molar-refractivity contribution in [2.24, 2.45) is 0 Å². The lowest BCUT2D eigenvalue weighted by Crippen LogP contribution is -2.25. The van der Waals surface area contributed by atoms with Crippen molar-refractivity contribution < 1.29 is 4.42 Å².